The highest BCUT2D eigenvalue weighted by molar-refractivity contribution is 5.70. The van der Waals surface area contributed by atoms with Crippen LogP contribution in [0.2, 0.25) is 0 Å². The lowest BCUT2D eigenvalue weighted by Crippen LogP contribution is -2.50. The number of piperidine rings is 1. The second-order valence-corrected chi connectivity index (χ2v) is 6.47. The molecule has 0 aromatic carbocycles. The predicted molar refractivity (Wildman–Crippen MR) is 83.7 cm³/mol. The number of nitro groups is 1. The number of ether oxygens (including phenoxy) is 1. The van der Waals surface area contributed by atoms with Gasteiger partial charge in [-0.05, 0) is 25.7 Å². The number of halogens is 3. The van der Waals surface area contributed by atoms with E-state index in [4.69, 9.17) is 10.5 Å². The molecule has 11 heteroatoms. The van der Waals surface area contributed by atoms with Crippen molar-refractivity contribution in [3.63, 3.8) is 0 Å². The number of fused-ring (bicyclic) bond motifs is 1. The van der Waals surface area contributed by atoms with E-state index in [0.717, 1.165) is 12.6 Å². The molecular formula is C15H17F3N4O4. The second kappa shape index (κ2) is 6.61. The maximum Gasteiger partial charge on any atom is 0.404 e. The van der Waals surface area contributed by atoms with Gasteiger partial charge in [-0.2, -0.15) is 13.2 Å². The van der Waals surface area contributed by atoms with Crippen molar-refractivity contribution < 1.29 is 27.6 Å². The summed E-state index contributed by atoms with van der Waals surface area (Å²) in [6.07, 6.45) is -4.28. The molecule has 1 fully saturated rings. The number of carbonyl (C=O) groups is 1. The molecule has 1 saturated heterocycles. The van der Waals surface area contributed by atoms with Gasteiger partial charge in [0.05, 0.1) is 17.4 Å². The van der Waals surface area contributed by atoms with Crippen LogP contribution in [0.4, 0.5) is 29.3 Å². The minimum Gasteiger partial charge on any atom is -0.444 e. The molecule has 1 aromatic rings. The van der Waals surface area contributed by atoms with Crippen LogP contribution < -0.4 is 10.6 Å². The number of amides is 1. The van der Waals surface area contributed by atoms with Crippen LogP contribution in [-0.2, 0) is 17.6 Å². The zero-order valence-corrected chi connectivity index (χ0v) is 13.7. The number of anilines is 1. The number of pyridine rings is 1. The number of carbonyl (C=O) groups excluding carboxylic acids is 1. The molecule has 0 radical (unpaired) electrons. The lowest BCUT2D eigenvalue weighted by atomic mass is 9.94. The third kappa shape index (κ3) is 3.51. The van der Waals surface area contributed by atoms with Crippen LogP contribution in [0.15, 0.2) is 6.20 Å². The van der Waals surface area contributed by atoms with Crippen molar-refractivity contribution in [3.05, 3.63) is 27.6 Å². The Kier molecular flexibility index (Phi) is 4.63. The van der Waals surface area contributed by atoms with Crippen LogP contribution in [0.5, 0.6) is 0 Å². The van der Waals surface area contributed by atoms with E-state index >= 15 is 0 Å². The number of nitrogens with zero attached hydrogens (tertiary/aromatic N) is 3. The van der Waals surface area contributed by atoms with Gasteiger partial charge in [0.1, 0.15) is 18.0 Å². The Hall–Kier alpha value is -2.59. The van der Waals surface area contributed by atoms with Crippen molar-refractivity contribution in [1.29, 1.82) is 0 Å². The van der Waals surface area contributed by atoms with Crippen LogP contribution in [0, 0.1) is 16.0 Å². The van der Waals surface area contributed by atoms with E-state index in [1.165, 1.54) is 4.90 Å². The lowest BCUT2D eigenvalue weighted by molar-refractivity contribution is -0.384. The molecule has 3 rings (SSSR count). The summed E-state index contributed by atoms with van der Waals surface area (Å²) < 4.78 is 44.8. The van der Waals surface area contributed by atoms with Crippen molar-refractivity contribution in [2.75, 3.05) is 18.0 Å². The molecule has 2 atom stereocenters. The number of hydrogen-bond donors (Lipinski definition) is 1. The van der Waals surface area contributed by atoms with Crippen molar-refractivity contribution in [3.8, 4) is 0 Å². The van der Waals surface area contributed by atoms with Gasteiger partial charge >= 0.3 is 18.0 Å². The molecule has 2 N–H and O–H groups in total. The predicted octanol–water partition coefficient (Wildman–Crippen LogP) is 2.33. The summed E-state index contributed by atoms with van der Waals surface area (Å²) in [6, 6.07) is 0. The Balaban J connectivity index is 2.02. The number of nitrogens with two attached hydrogens (primary N) is 1. The van der Waals surface area contributed by atoms with E-state index in [-0.39, 0.29) is 17.9 Å². The average Bonchev–Trinajstić information content (AvgIpc) is 3.00. The number of rotatable bonds is 3. The molecule has 26 heavy (non-hydrogen) atoms. The Labute approximate surface area is 146 Å². The average molecular weight is 374 g/mol. The van der Waals surface area contributed by atoms with E-state index in [9.17, 15) is 28.1 Å². The Morgan fingerprint density at radius 1 is 1.38 bits per heavy atom. The van der Waals surface area contributed by atoms with Gasteiger partial charge in [0.2, 0.25) is 0 Å². The zero-order valence-electron chi connectivity index (χ0n) is 13.7. The fraction of sp³-hybridized carbons (Fsp3) is 0.600. The molecule has 1 aliphatic heterocycles. The summed E-state index contributed by atoms with van der Waals surface area (Å²) in [5, 5.41) is 11.4. The standard InChI is InChI=1S/C15H17F3N4O4/c16-15(17,18)8-4-9(26-14(19)23)7-21(6-8)13-10-2-1-3-11(10)20-5-12(13)22(24)25/h5,8-9H,1-4,6-7H2,(H2,19,23)/t8-,9+/m0/s1. The fourth-order valence-electron chi connectivity index (χ4n) is 3.69. The van der Waals surface area contributed by atoms with E-state index < -0.39 is 42.2 Å². The summed E-state index contributed by atoms with van der Waals surface area (Å²) in [5.41, 5.74) is 6.01. The zero-order chi connectivity index (χ0) is 19.1. The molecule has 1 aliphatic carbocycles. The number of alkyl halides is 3. The molecule has 2 heterocycles. The van der Waals surface area contributed by atoms with Crippen molar-refractivity contribution >= 4 is 17.5 Å². The maximum atomic E-state index is 13.3. The first kappa shape index (κ1) is 18.2. The van der Waals surface area contributed by atoms with Crippen LogP contribution >= 0.6 is 0 Å². The van der Waals surface area contributed by atoms with Gasteiger partial charge in [0.15, 0.2) is 0 Å². The number of aryl methyl sites for hydroxylation is 1. The monoisotopic (exact) mass is 374 g/mol. The summed E-state index contributed by atoms with van der Waals surface area (Å²) >= 11 is 0. The second-order valence-electron chi connectivity index (χ2n) is 6.47. The van der Waals surface area contributed by atoms with Gasteiger partial charge in [-0.3, -0.25) is 15.1 Å². The minimum absolute atomic E-state index is 0.0905. The summed E-state index contributed by atoms with van der Waals surface area (Å²) in [4.78, 5) is 27.1. The van der Waals surface area contributed by atoms with Crippen molar-refractivity contribution in [1.82, 2.24) is 4.98 Å². The first-order valence-electron chi connectivity index (χ1n) is 8.09. The quantitative estimate of drug-likeness (QED) is 0.642. The van der Waals surface area contributed by atoms with Gasteiger partial charge in [-0.25, -0.2) is 4.79 Å². The molecule has 8 nitrogen and oxygen atoms in total. The molecule has 0 unspecified atom stereocenters. The third-order valence-corrected chi connectivity index (χ3v) is 4.73. The normalized spacial score (nSPS) is 22.8. The molecule has 0 saturated carbocycles. The van der Waals surface area contributed by atoms with E-state index in [1.54, 1.807) is 0 Å². The van der Waals surface area contributed by atoms with Crippen molar-refractivity contribution in [2.45, 2.75) is 38.0 Å². The highest BCUT2D eigenvalue weighted by Crippen LogP contribution is 2.42. The van der Waals surface area contributed by atoms with Crippen molar-refractivity contribution in [2.24, 2.45) is 11.7 Å². The van der Waals surface area contributed by atoms with Crippen LogP contribution in [0.3, 0.4) is 0 Å². The van der Waals surface area contributed by atoms with Gasteiger partial charge < -0.3 is 15.4 Å². The Morgan fingerprint density at radius 3 is 2.73 bits per heavy atom. The fourth-order valence-corrected chi connectivity index (χ4v) is 3.69. The summed E-state index contributed by atoms with van der Waals surface area (Å²) in [6.45, 7) is -0.535. The number of aromatic nitrogens is 1. The topological polar surface area (TPSA) is 112 Å². The molecular weight excluding hydrogens is 357 g/mol. The van der Waals surface area contributed by atoms with Gasteiger partial charge in [-0.15, -0.1) is 0 Å². The first-order chi connectivity index (χ1) is 12.2. The SMILES string of the molecule is NC(=O)O[C@@H]1C[C@H](C(F)(F)F)CN(c2c([N+](=O)[O-])cnc3c2CCC3)C1. The number of hydrogen-bond acceptors (Lipinski definition) is 6. The minimum atomic E-state index is -4.52. The van der Waals surface area contributed by atoms with Gasteiger partial charge in [0.25, 0.3) is 0 Å². The molecule has 0 bridgehead atoms. The van der Waals surface area contributed by atoms with E-state index in [0.29, 0.717) is 24.1 Å². The summed E-state index contributed by atoms with van der Waals surface area (Å²) in [5.74, 6) is -1.79. The highest BCUT2D eigenvalue weighted by atomic mass is 19.4. The van der Waals surface area contributed by atoms with E-state index in [1.807, 2.05) is 0 Å². The summed E-state index contributed by atoms with van der Waals surface area (Å²) in [7, 11) is 0. The maximum absolute atomic E-state index is 13.3. The van der Waals surface area contributed by atoms with Crippen LogP contribution in [-0.4, -0.2) is 41.4 Å². The lowest BCUT2D eigenvalue weighted by Gasteiger charge is -2.39. The smallest absolute Gasteiger partial charge is 0.404 e. The largest absolute Gasteiger partial charge is 0.444 e. The third-order valence-electron chi connectivity index (χ3n) is 4.73. The van der Waals surface area contributed by atoms with E-state index in [2.05, 4.69) is 4.98 Å². The van der Waals surface area contributed by atoms with Gasteiger partial charge in [-0.1, -0.05) is 0 Å². The first-order valence-corrected chi connectivity index (χ1v) is 8.09. The van der Waals surface area contributed by atoms with Gasteiger partial charge in [0, 0.05) is 17.8 Å². The Morgan fingerprint density at radius 2 is 2.12 bits per heavy atom. The molecule has 142 valence electrons. The highest BCUT2D eigenvalue weighted by Gasteiger charge is 2.47. The van der Waals surface area contributed by atoms with Crippen LogP contribution in [0.25, 0.3) is 0 Å². The molecule has 1 aromatic heterocycles. The number of primary amides is 1. The van der Waals surface area contributed by atoms with Crippen LogP contribution in [0.1, 0.15) is 24.1 Å². The molecule has 2 aliphatic rings. The Bertz CT molecular complexity index is 740. The molecule has 0 spiro atoms. The molecule has 1 amide bonds.